The van der Waals surface area contributed by atoms with Crippen LogP contribution < -0.4 is 0 Å². The number of ketones is 1. The van der Waals surface area contributed by atoms with Crippen LogP contribution in [0.1, 0.15) is 12.1 Å². The Kier molecular flexibility index (Phi) is 5.05. The second kappa shape index (κ2) is 6.78. The summed E-state index contributed by atoms with van der Waals surface area (Å²) in [5.74, 6) is 0.688. The molecule has 0 N–H and O–H groups in total. The van der Waals surface area contributed by atoms with Gasteiger partial charge in [0, 0.05) is 30.3 Å². The summed E-state index contributed by atoms with van der Waals surface area (Å²) in [7, 11) is 1.89. The molecule has 1 heterocycles. The lowest BCUT2D eigenvalue weighted by molar-refractivity contribution is -0.116. The molecule has 2 aromatic rings. The second-order valence-corrected chi connectivity index (χ2v) is 5.63. The molecule has 0 fully saturated rings. The van der Waals surface area contributed by atoms with E-state index in [2.05, 4.69) is 5.10 Å². The van der Waals surface area contributed by atoms with E-state index in [0.717, 1.165) is 17.0 Å². The average molecular weight is 295 g/mol. The molecular formula is C14H15ClN2OS. The monoisotopic (exact) mass is 294 g/mol. The van der Waals surface area contributed by atoms with Crippen molar-refractivity contribution in [1.29, 1.82) is 0 Å². The van der Waals surface area contributed by atoms with Crippen LogP contribution in [0.5, 0.6) is 0 Å². The Bertz CT molecular complexity index is 568. The molecule has 0 aliphatic rings. The first kappa shape index (κ1) is 14.2. The topological polar surface area (TPSA) is 34.9 Å². The second-order valence-electron chi connectivity index (χ2n) is 4.20. The van der Waals surface area contributed by atoms with E-state index in [9.17, 15) is 4.79 Å². The van der Waals surface area contributed by atoms with Crippen molar-refractivity contribution in [3.05, 3.63) is 47.2 Å². The van der Waals surface area contributed by atoms with E-state index in [1.165, 1.54) is 11.8 Å². The average Bonchev–Trinajstić information content (AvgIpc) is 2.81. The first-order chi connectivity index (χ1) is 9.16. The third-order valence-corrected chi connectivity index (χ3v) is 4.38. The Morgan fingerprint density at radius 2 is 2.16 bits per heavy atom. The summed E-state index contributed by atoms with van der Waals surface area (Å²) < 4.78 is 1.80. The van der Waals surface area contributed by atoms with Gasteiger partial charge in [0.2, 0.25) is 0 Å². The van der Waals surface area contributed by atoms with Gasteiger partial charge in [0.15, 0.2) is 0 Å². The van der Waals surface area contributed by atoms with Crippen molar-refractivity contribution < 1.29 is 4.79 Å². The lowest BCUT2D eigenvalue weighted by atomic mass is 10.2. The SMILES string of the molecule is Cn1nccc1CCC(=O)CSc1ccccc1Cl. The highest BCUT2D eigenvalue weighted by Gasteiger charge is 2.07. The zero-order valence-electron chi connectivity index (χ0n) is 10.7. The lowest BCUT2D eigenvalue weighted by Gasteiger charge is -2.04. The van der Waals surface area contributed by atoms with E-state index in [1.807, 2.05) is 37.4 Å². The molecule has 5 heteroatoms. The van der Waals surface area contributed by atoms with Crippen molar-refractivity contribution >= 4 is 29.1 Å². The Labute approximate surface area is 122 Å². The highest BCUT2D eigenvalue weighted by Crippen LogP contribution is 2.26. The van der Waals surface area contributed by atoms with E-state index in [-0.39, 0.29) is 5.78 Å². The summed E-state index contributed by atoms with van der Waals surface area (Å²) >= 11 is 7.54. The van der Waals surface area contributed by atoms with Crippen LogP contribution in [-0.4, -0.2) is 21.3 Å². The van der Waals surface area contributed by atoms with Crippen molar-refractivity contribution in [3.8, 4) is 0 Å². The molecule has 0 aliphatic carbocycles. The van der Waals surface area contributed by atoms with E-state index in [0.29, 0.717) is 17.2 Å². The number of nitrogens with zero attached hydrogens (tertiary/aromatic N) is 2. The number of hydrogen-bond acceptors (Lipinski definition) is 3. The number of hydrogen-bond donors (Lipinski definition) is 0. The number of carbonyl (C=O) groups excluding carboxylic acids is 1. The number of Topliss-reactive ketones (excluding diaryl/α,β-unsaturated/α-hetero) is 1. The van der Waals surface area contributed by atoms with E-state index in [4.69, 9.17) is 11.6 Å². The maximum atomic E-state index is 11.8. The molecule has 1 aromatic carbocycles. The van der Waals surface area contributed by atoms with E-state index < -0.39 is 0 Å². The van der Waals surface area contributed by atoms with Crippen LogP contribution >= 0.6 is 23.4 Å². The highest BCUT2D eigenvalue weighted by atomic mass is 35.5. The first-order valence-corrected chi connectivity index (χ1v) is 7.39. The number of aryl methyl sites for hydroxylation is 2. The van der Waals surface area contributed by atoms with Gasteiger partial charge in [-0.1, -0.05) is 23.7 Å². The minimum Gasteiger partial charge on any atom is -0.299 e. The standard InChI is InChI=1S/C14H15ClN2OS/c1-17-11(8-9-16-17)6-7-12(18)10-19-14-5-3-2-4-13(14)15/h2-5,8-9H,6-7,10H2,1H3. The molecule has 19 heavy (non-hydrogen) atoms. The lowest BCUT2D eigenvalue weighted by Crippen LogP contribution is -2.06. The van der Waals surface area contributed by atoms with Crippen LogP contribution in [-0.2, 0) is 18.3 Å². The predicted octanol–water partition coefficient (Wildman–Crippen LogP) is 3.37. The van der Waals surface area contributed by atoms with Crippen molar-refractivity contribution in [2.45, 2.75) is 17.7 Å². The molecule has 3 nitrogen and oxygen atoms in total. The third kappa shape index (κ3) is 4.11. The molecule has 0 saturated heterocycles. The molecule has 0 spiro atoms. The van der Waals surface area contributed by atoms with E-state index in [1.54, 1.807) is 10.9 Å². The minimum absolute atomic E-state index is 0.228. The predicted molar refractivity (Wildman–Crippen MR) is 78.7 cm³/mol. The van der Waals surface area contributed by atoms with E-state index >= 15 is 0 Å². The molecular weight excluding hydrogens is 280 g/mol. The molecule has 2 rings (SSSR count). The molecule has 0 amide bonds. The fourth-order valence-electron chi connectivity index (χ4n) is 1.71. The summed E-state index contributed by atoms with van der Waals surface area (Å²) in [6.45, 7) is 0. The fourth-order valence-corrected chi connectivity index (χ4v) is 2.85. The Morgan fingerprint density at radius 3 is 2.84 bits per heavy atom. The van der Waals surface area contributed by atoms with Gasteiger partial charge in [-0.05, 0) is 24.6 Å². The summed E-state index contributed by atoms with van der Waals surface area (Å²) in [6, 6.07) is 9.52. The normalized spacial score (nSPS) is 10.6. The van der Waals surface area contributed by atoms with Gasteiger partial charge < -0.3 is 0 Å². The van der Waals surface area contributed by atoms with Crippen LogP contribution in [0.3, 0.4) is 0 Å². The summed E-state index contributed by atoms with van der Waals surface area (Å²) in [5.41, 5.74) is 1.08. The van der Waals surface area contributed by atoms with Gasteiger partial charge in [-0.25, -0.2) is 0 Å². The molecule has 0 aliphatic heterocycles. The number of halogens is 1. The molecule has 0 unspecified atom stereocenters. The number of benzene rings is 1. The molecule has 0 radical (unpaired) electrons. The summed E-state index contributed by atoms with van der Waals surface area (Å²) in [6.07, 6.45) is 3.02. The van der Waals surface area contributed by atoms with Crippen LogP contribution in [0.2, 0.25) is 5.02 Å². The molecule has 0 atom stereocenters. The van der Waals surface area contributed by atoms with Crippen molar-refractivity contribution in [2.75, 3.05) is 5.75 Å². The smallest absolute Gasteiger partial charge is 0.143 e. The van der Waals surface area contributed by atoms with Crippen molar-refractivity contribution in [3.63, 3.8) is 0 Å². The molecule has 100 valence electrons. The number of rotatable bonds is 6. The zero-order chi connectivity index (χ0) is 13.7. The number of thioether (sulfide) groups is 1. The maximum Gasteiger partial charge on any atom is 0.143 e. The van der Waals surface area contributed by atoms with Crippen LogP contribution in [0.4, 0.5) is 0 Å². The molecule has 1 aromatic heterocycles. The van der Waals surface area contributed by atoms with Gasteiger partial charge >= 0.3 is 0 Å². The van der Waals surface area contributed by atoms with Crippen LogP contribution in [0.15, 0.2) is 41.4 Å². The molecule has 0 saturated carbocycles. The maximum absolute atomic E-state index is 11.8. The number of carbonyl (C=O) groups is 1. The number of aromatic nitrogens is 2. The highest BCUT2D eigenvalue weighted by molar-refractivity contribution is 8.00. The Morgan fingerprint density at radius 1 is 1.37 bits per heavy atom. The zero-order valence-corrected chi connectivity index (χ0v) is 12.2. The van der Waals surface area contributed by atoms with Gasteiger partial charge in [-0.15, -0.1) is 11.8 Å². The Hall–Kier alpha value is -1.26. The minimum atomic E-state index is 0.228. The van der Waals surface area contributed by atoms with Gasteiger partial charge in [-0.2, -0.15) is 5.10 Å². The first-order valence-electron chi connectivity index (χ1n) is 6.02. The van der Waals surface area contributed by atoms with Crippen molar-refractivity contribution in [2.24, 2.45) is 7.05 Å². The molecule has 0 bridgehead atoms. The van der Waals surface area contributed by atoms with Gasteiger partial charge in [0.1, 0.15) is 5.78 Å². The van der Waals surface area contributed by atoms with Crippen LogP contribution in [0, 0.1) is 0 Å². The van der Waals surface area contributed by atoms with Crippen LogP contribution in [0.25, 0.3) is 0 Å². The largest absolute Gasteiger partial charge is 0.299 e. The Balaban J connectivity index is 1.79. The van der Waals surface area contributed by atoms with Gasteiger partial charge in [0.25, 0.3) is 0 Å². The van der Waals surface area contributed by atoms with Crippen molar-refractivity contribution in [1.82, 2.24) is 9.78 Å². The quantitative estimate of drug-likeness (QED) is 0.766. The third-order valence-electron chi connectivity index (χ3n) is 2.81. The van der Waals surface area contributed by atoms with Gasteiger partial charge in [-0.3, -0.25) is 9.48 Å². The summed E-state index contributed by atoms with van der Waals surface area (Å²) in [4.78, 5) is 12.8. The van der Waals surface area contributed by atoms with Gasteiger partial charge in [0.05, 0.1) is 10.8 Å². The fraction of sp³-hybridized carbons (Fsp3) is 0.286. The summed E-state index contributed by atoms with van der Waals surface area (Å²) in [5, 5.41) is 4.78.